The van der Waals surface area contributed by atoms with Crippen molar-refractivity contribution in [3.8, 4) is 17.7 Å². The summed E-state index contributed by atoms with van der Waals surface area (Å²) < 4.78 is 16.4. The van der Waals surface area contributed by atoms with Crippen LogP contribution >= 0.6 is 15.9 Å². The van der Waals surface area contributed by atoms with E-state index in [0.29, 0.717) is 21.5 Å². The molecule has 0 bridgehead atoms. The number of benzene rings is 1. The second-order valence-electron chi connectivity index (χ2n) is 5.57. The van der Waals surface area contributed by atoms with Crippen molar-refractivity contribution >= 4 is 28.1 Å². The minimum atomic E-state index is -0.487. The molecule has 1 heterocycles. The van der Waals surface area contributed by atoms with Crippen molar-refractivity contribution in [3.63, 3.8) is 0 Å². The topological polar surface area (TPSA) is 106 Å². The zero-order chi connectivity index (χ0) is 20.5. The summed E-state index contributed by atoms with van der Waals surface area (Å²) in [4.78, 5) is 16.2. The van der Waals surface area contributed by atoms with Gasteiger partial charge < -0.3 is 14.2 Å². The molecule has 2 rings (SSSR count). The minimum absolute atomic E-state index is 0.0715. The Kier molecular flexibility index (Phi) is 7.92. The highest BCUT2D eigenvalue weighted by molar-refractivity contribution is 9.10. The highest BCUT2D eigenvalue weighted by Crippen LogP contribution is 2.29. The molecule has 0 saturated heterocycles. The van der Waals surface area contributed by atoms with E-state index in [1.165, 1.54) is 13.3 Å². The van der Waals surface area contributed by atoms with Gasteiger partial charge in [0.05, 0.1) is 25.6 Å². The van der Waals surface area contributed by atoms with Crippen LogP contribution in [0.4, 0.5) is 0 Å². The highest BCUT2D eigenvalue weighted by atomic mass is 79.9. The molecule has 1 aromatic carbocycles. The Hall–Kier alpha value is -2.96. The van der Waals surface area contributed by atoms with E-state index in [-0.39, 0.29) is 24.7 Å². The zero-order valence-corrected chi connectivity index (χ0v) is 17.2. The number of halogens is 1. The van der Waals surface area contributed by atoms with Gasteiger partial charge in [-0.15, -0.1) is 0 Å². The average Bonchev–Trinajstić information content (AvgIpc) is 2.70. The van der Waals surface area contributed by atoms with Gasteiger partial charge in [-0.1, -0.05) is 12.1 Å². The van der Waals surface area contributed by atoms with Crippen molar-refractivity contribution in [3.05, 3.63) is 51.1 Å². The van der Waals surface area contributed by atoms with E-state index in [2.05, 4.69) is 31.4 Å². The largest absolute Gasteiger partial charge is 0.497 e. The summed E-state index contributed by atoms with van der Waals surface area (Å²) in [5, 5.41) is 13.3. The molecule has 2 aromatic rings. The van der Waals surface area contributed by atoms with E-state index < -0.39 is 5.91 Å². The van der Waals surface area contributed by atoms with Gasteiger partial charge in [-0.25, -0.2) is 10.4 Å². The number of nitrogens with one attached hydrogen (secondary N) is 1. The Balaban J connectivity index is 2.02. The van der Waals surface area contributed by atoms with Gasteiger partial charge in [-0.3, -0.25) is 4.79 Å². The van der Waals surface area contributed by atoms with Crippen LogP contribution in [0.2, 0.25) is 0 Å². The normalized spacial score (nSPS) is 10.5. The predicted octanol–water partition coefficient (Wildman–Crippen LogP) is 2.71. The van der Waals surface area contributed by atoms with Gasteiger partial charge in [0.1, 0.15) is 17.4 Å². The Morgan fingerprint density at radius 3 is 2.89 bits per heavy atom. The van der Waals surface area contributed by atoms with Crippen molar-refractivity contribution in [2.45, 2.75) is 13.5 Å². The van der Waals surface area contributed by atoms with Crippen LogP contribution in [0.15, 0.2) is 33.8 Å². The molecule has 1 amide bonds. The van der Waals surface area contributed by atoms with Crippen molar-refractivity contribution in [2.24, 2.45) is 5.10 Å². The van der Waals surface area contributed by atoms with Crippen molar-refractivity contribution < 1.29 is 19.0 Å². The number of nitriles is 1. The number of hydrogen-bond acceptors (Lipinski definition) is 7. The number of aryl methyl sites for hydroxylation is 1. The van der Waals surface area contributed by atoms with E-state index in [4.69, 9.17) is 14.2 Å². The maximum absolute atomic E-state index is 12.0. The molecule has 0 spiro atoms. The van der Waals surface area contributed by atoms with Crippen LogP contribution in [0, 0.1) is 18.3 Å². The van der Waals surface area contributed by atoms with Crippen LogP contribution in [-0.2, 0) is 16.1 Å². The lowest BCUT2D eigenvalue weighted by molar-refractivity contribution is -0.123. The fraction of sp³-hybridized carbons (Fsp3) is 0.263. The quantitative estimate of drug-likeness (QED) is 0.493. The van der Waals surface area contributed by atoms with Crippen molar-refractivity contribution in [2.75, 3.05) is 20.8 Å². The number of aromatic nitrogens is 1. The molecule has 0 fully saturated rings. The number of amides is 1. The van der Waals surface area contributed by atoms with E-state index in [1.807, 2.05) is 24.3 Å². The van der Waals surface area contributed by atoms with Gasteiger partial charge in [-0.2, -0.15) is 10.4 Å². The van der Waals surface area contributed by atoms with Gasteiger partial charge >= 0.3 is 0 Å². The lowest BCUT2D eigenvalue weighted by Crippen LogP contribution is -2.25. The molecule has 0 radical (unpaired) electrons. The first kappa shape index (κ1) is 21.3. The Labute approximate surface area is 171 Å². The zero-order valence-electron chi connectivity index (χ0n) is 15.7. The number of carbonyl (C=O) groups excluding carboxylic acids is 1. The molecule has 1 N–H and O–H groups in total. The first-order valence-electron chi connectivity index (χ1n) is 8.16. The molecule has 0 aliphatic heterocycles. The summed E-state index contributed by atoms with van der Waals surface area (Å²) in [6.07, 6.45) is 1.49. The second-order valence-corrected chi connectivity index (χ2v) is 6.37. The predicted molar refractivity (Wildman–Crippen MR) is 106 cm³/mol. The number of pyridine rings is 1. The number of hydrazone groups is 1. The molecular weight excluding hydrogens is 428 g/mol. The van der Waals surface area contributed by atoms with E-state index in [1.54, 1.807) is 20.1 Å². The Bertz CT molecular complexity index is 925. The van der Waals surface area contributed by atoms with Crippen LogP contribution in [0.1, 0.15) is 22.4 Å². The standard InChI is InChI=1S/C19H19BrN4O4/c1-12-18(20)16(10-26-2)15(8-21)19(23-12)28-11-17(25)24-22-9-13-5-4-6-14(7-13)27-3/h4-7,9H,10-11H2,1-3H3,(H,24,25)/b22-9+. The number of carbonyl (C=O) groups is 1. The molecule has 146 valence electrons. The van der Waals surface area contributed by atoms with E-state index in [0.717, 1.165) is 5.56 Å². The third-order valence-corrected chi connectivity index (χ3v) is 4.66. The summed E-state index contributed by atoms with van der Waals surface area (Å²) in [5.41, 5.74) is 4.58. The lowest BCUT2D eigenvalue weighted by Gasteiger charge is -2.13. The SMILES string of the molecule is COCc1c(Br)c(C)nc(OCC(=O)N/N=C/c2cccc(OC)c2)c1C#N. The minimum Gasteiger partial charge on any atom is -0.497 e. The third-order valence-electron chi connectivity index (χ3n) is 3.60. The molecule has 0 saturated carbocycles. The van der Waals surface area contributed by atoms with Crippen LogP contribution < -0.4 is 14.9 Å². The summed E-state index contributed by atoms with van der Waals surface area (Å²) in [6, 6.07) is 9.26. The summed E-state index contributed by atoms with van der Waals surface area (Å²) >= 11 is 3.40. The third kappa shape index (κ3) is 5.52. The van der Waals surface area contributed by atoms with E-state index in [9.17, 15) is 10.1 Å². The maximum atomic E-state index is 12.0. The molecule has 9 heteroatoms. The molecule has 8 nitrogen and oxygen atoms in total. The molecule has 0 aliphatic rings. The summed E-state index contributed by atoms with van der Waals surface area (Å²) in [5.74, 6) is 0.270. The number of ether oxygens (including phenoxy) is 3. The lowest BCUT2D eigenvalue weighted by atomic mass is 10.1. The molecule has 0 aliphatic carbocycles. The van der Waals surface area contributed by atoms with Crippen molar-refractivity contribution in [1.82, 2.24) is 10.4 Å². The van der Waals surface area contributed by atoms with Gasteiger partial charge in [0.25, 0.3) is 5.91 Å². The van der Waals surface area contributed by atoms with Crippen LogP contribution in [0.5, 0.6) is 11.6 Å². The maximum Gasteiger partial charge on any atom is 0.278 e. The Morgan fingerprint density at radius 2 is 2.21 bits per heavy atom. The van der Waals surface area contributed by atoms with Gasteiger partial charge in [0, 0.05) is 17.1 Å². The number of hydrogen-bond donors (Lipinski definition) is 1. The molecule has 0 unspecified atom stereocenters. The Morgan fingerprint density at radius 1 is 1.43 bits per heavy atom. The van der Waals surface area contributed by atoms with Crippen LogP contribution in [0.25, 0.3) is 0 Å². The first-order valence-corrected chi connectivity index (χ1v) is 8.96. The average molecular weight is 447 g/mol. The van der Waals surface area contributed by atoms with Gasteiger partial charge in [-0.05, 0) is 40.5 Å². The van der Waals surface area contributed by atoms with Crippen LogP contribution in [0.3, 0.4) is 0 Å². The molecular formula is C19H19BrN4O4. The monoisotopic (exact) mass is 446 g/mol. The van der Waals surface area contributed by atoms with Gasteiger partial charge in [0.2, 0.25) is 5.88 Å². The number of rotatable bonds is 8. The van der Waals surface area contributed by atoms with Gasteiger partial charge in [0.15, 0.2) is 6.61 Å². The molecule has 1 aromatic heterocycles. The van der Waals surface area contributed by atoms with Crippen molar-refractivity contribution in [1.29, 1.82) is 5.26 Å². The fourth-order valence-corrected chi connectivity index (χ4v) is 2.68. The van der Waals surface area contributed by atoms with Crippen LogP contribution in [-0.4, -0.2) is 37.9 Å². The summed E-state index contributed by atoms with van der Waals surface area (Å²) in [6.45, 7) is 1.63. The first-order chi connectivity index (χ1) is 13.5. The second kappa shape index (κ2) is 10.4. The fourth-order valence-electron chi connectivity index (χ4n) is 2.28. The number of methoxy groups -OCH3 is 2. The molecule has 28 heavy (non-hydrogen) atoms. The highest BCUT2D eigenvalue weighted by Gasteiger charge is 2.18. The number of nitrogens with zero attached hydrogens (tertiary/aromatic N) is 3. The van der Waals surface area contributed by atoms with E-state index >= 15 is 0 Å². The molecule has 0 atom stereocenters. The smallest absolute Gasteiger partial charge is 0.278 e. The summed E-state index contributed by atoms with van der Waals surface area (Å²) in [7, 11) is 3.10.